The fourth-order valence-electron chi connectivity index (χ4n) is 4.40. The highest BCUT2D eigenvalue weighted by Crippen LogP contribution is 2.38. The van der Waals surface area contributed by atoms with Gasteiger partial charge in [-0.25, -0.2) is 4.98 Å². The van der Waals surface area contributed by atoms with E-state index in [0.717, 1.165) is 22.6 Å². The van der Waals surface area contributed by atoms with Crippen molar-refractivity contribution in [3.8, 4) is 0 Å². The highest BCUT2D eigenvalue weighted by molar-refractivity contribution is 6.03. The lowest BCUT2D eigenvalue weighted by molar-refractivity contribution is -0.118. The predicted molar refractivity (Wildman–Crippen MR) is 127 cm³/mol. The van der Waals surface area contributed by atoms with Crippen molar-refractivity contribution in [3.63, 3.8) is 0 Å². The maximum absolute atomic E-state index is 12.5. The summed E-state index contributed by atoms with van der Waals surface area (Å²) in [4.78, 5) is 28.3. The third-order valence-corrected chi connectivity index (χ3v) is 6.30. The lowest BCUT2D eigenvalue weighted by atomic mass is 9.99. The highest BCUT2D eigenvalue weighted by Gasteiger charge is 2.35. The molecule has 1 amide bonds. The number of fused-ring (bicyclic) bond motifs is 1. The Kier molecular flexibility index (Phi) is 5.47. The number of carbonyl (C=O) groups excluding carboxylic acids is 1. The van der Waals surface area contributed by atoms with Gasteiger partial charge in [0, 0.05) is 43.2 Å². The van der Waals surface area contributed by atoms with Crippen LogP contribution in [0.2, 0.25) is 0 Å². The van der Waals surface area contributed by atoms with Gasteiger partial charge in [-0.15, -0.1) is 0 Å². The van der Waals surface area contributed by atoms with Crippen molar-refractivity contribution >= 4 is 23.4 Å². The van der Waals surface area contributed by atoms with E-state index in [1.54, 1.807) is 0 Å². The number of hydrogen-bond acceptors (Lipinski definition) is 7. The first-order chi connectivity index (χ1) is 15.9. The smallest absolute Gasteiger partial charge is 0.247 e. The molecule has 4 heterocycles. The summed E-state index contributed by atoms with van der Waals surface area (Å²) in [7, 11) is 1.91. The van der Waals surface area contributed by atoms with Crippen LogP contribution in [0, 0.1) is 12.8 Å². The zero-order chi connectivity index (χ0) is 23.1. The number of nitrogens with zero attached hydrogens (tertiary/aromatic N) is 6. The summed E-state index contributed by atoms with van der Waals surface area (Å²) in [5.74, 6) is 2.09. The van der Waals surface area contributed by atoms with Crippen LogP contribution in [-0.4, -0.2) is 43.7 Å². The molecule has 3 aromatic heterocycles. The molecule has 1 saturated carbocycles. The van der Waals surface area contributed by atoms with Crippen molar-refractivity contribution in [1.29, 1.82) is 0 Å². The molecule has 0 aromatic carbocycles. The van der Waals surface area contributed by atoms with Gasteiger partial charge in [-0.3, -0.25) is 14.5 Å². The van der Waals surface area contributed by atoms with Crippen LogP contribution in [0.25, 0.3) is 0 Å². The van der Waals surface area contributed by atoms with Gasteiger partial charge in [-0.1, -0.05) is 19.9 Å². The van der Waals surface area contributed by atoms with Gasteiger partial charge in [-0.2, -0.15) is 10.1 Å². The average molecular weight is 447 g/mol. The molecule has 172 valence electrons. The maximum Gasteiger partial charge on any atom is 0.247 e. The molecule has 0 saturated heterocycles. The van der Waals surface area contributed by atoms with Gasteiger partial charge in [0.25, 0.3) is 0 Å². The Bertz CT molecular complexity index is 1170. The Hall–Kier alpha value is -3.49. The van der Waals surface area contributed by atoms with E-state index < -0.39 is 0 Å². The monoisotopic (exact) mass is 446 g/mol. The van der Waals surface area contributed by atoms with Crippen molar-refractivity contribution in [1.82, 2.24) is 24.7 Å². The van der Waals surface area contributed by atoms with E-state index in [2.05, 4.69) is 37.8 Å². The molecule has 9 nitrogen and oxygen atoms in total. The number of likely N-dealkylation sites (N-methyl/N-ethyl adjacent to an activating group) is 1. The lowest BCUT2D eigenvalue weighted by Gasteiger charge is -2.36. The SMILES string of the molecule is Cc1nc(NCc2cnn(Cc3ccc(C4CC4)nc3)c2)nc2c1NC(=O)C(C(C)C)N2C. The Labute approximate surface area is 193 Å². The van der Waals surface area contributed by atoms with E-state index in [0.29, 0.717) is 30.6 Å². The van der Waals surface area contributed by atoms with Crippen molar-refractivity contribution in [2.24, 2.45) is 5.92 Å². The number of rotatable bonds is 7. The minimum absolute atomic E-state index is 0.0165. The summed E-state index contributed by atoms with van der Waals surface area (Å²) >= 11 is 0. The van der Waals surface area contributed by atoms with E-state index >= 15 is 0 Å². The molecule has 1 atom stereocenters. The van der Waals surface area contributed by atoms with Crippen LogP contribution in [0.15, 0.2) is 30.7 Å². The number of nitrogens with one attached hydrogen (secondary N) is 2. The van der Waals surface area contributed by atoms with Crippen LogP contribution in [0.1, 0.15) is 55.1 Å². The largest absolute Gasteiger partial charge is 0.350 e. The quantitative estimate of drug-likeness (QED) is 0.574. The van der Waals surface area contributed by atoms with Crippen molar-refractivity contribution in [3.05, 3.63) is 53.2 Å². The molecule has 0 spiro atoms. The number of aryl methyl sites for hydroxylation is 1. The maximum atomic E-state index is 12.5. The molecule has 9 heteroatoms. The van der Waals surface area contributed by atoms with E-state index in [-0.39, 0.29) is 17.9 Å². The summed E-state index contributed by atoms with van der Waals surface area (Å²) in [6, 6.07) is 4.02. The third kappa shape index (κ3) is 4.40. The van der Waals surface area contributed by atoms with Crippen LogP contribution < -0.4 is 15.5 Å². The number of amides is 1. The lowest BCUT2D eigenvalue weighted by Crippen LogP contribution is -2.49. The second kappa shape index (κ2) is 8.46. The molecule has 2 N–H and O–H groups in total. The Morgan fingerprint density at radius 1 is 1.18 bits per heavy atom. The first-order valence-electron chi connectivity index (χ1n) is 11.5. The van der Waals surface area contributed by atoms with Gasteiger partial charge in [0.1, 0.15) is 11.7 Å². The number of carbonyl (C=O) groups is 1. The molecule has 1 aliphatic carbocycles. The molecular weight excluding hydrogens is 416 g/mol. The van der Waals surface area contributed by atoms with Gasteiger partial charge in [-0.05, 0) is 37.3 Å². The summed E-state index contributed by atoms with van der Waals surface area (Å²) < 4.78 is 1.92. The van der Waals surface area contributed by atoms with E-state index in [4.69, 9.17) is 4.98 Å². The standard InChI is InChI=1S/C24H30N8O/c1-14(2)21-23(33)29-20-15(3)28-24(30-22(20)31(21)4)26-10-17-11-27-32(13-17)12-16-5-8-19(25-9-16)18-6-7-18/h5,8-9,11,13-14,18,21H,6-7,10,12H2,1-4H3,(H,29,33)(H,26,28,30). The minimum Gasteiger partial charge on any atom is -0.350 e. The molecule has 0 bridgehead atoms. The van der Waals surface area contributed by atoms with Gasteiger partial charge in [0.2, 0.25) is 11.9 Å². The molecule has 1 fully saturated rings. The van der Waals surface area contributed by atoms with Crippen LogP contribution in [-0.2, 0) is 17.9 Å². The van der Waals surface area contributed by atoms with E-state index in [1.165, 1.54) is 18.5 Å². The summed E-state index contributed by atoms with van der Waals surface area (Å²) in [6.07, 6.45) is 8.35. The third-order valence-electron chi connectivity index (χ3n) is 6.30. The predicted octanol–water partition coefficient (Wildman–Crippen LogP) is 3.33. The molecule has 0 radical (unpaired) electrons. The molecule has 5 rings (SSSR count). The number of aromatic nitrogens is 5. The first-order valence-corrected chi connectivity index (χ1v) is 11.5. The van der Waals surface area contributed by atoms with Gasteiger partial charge in [0.05, 0.1) is 18.4 Å². The fourth-order valence-corrected chi connectivity index (χ4v) is 4.40. The average Bonchev–Trinajstić information content (AvgIpc) is 3.53. The molecule has 2 aliphatic rings. The summed E-state index contributed by atoms with van der Waals surface area (Å²) in [5, 5.41) is 10.8. The molecule has 33 heavy (non-hydrogen) atoms. The Morgan fingerprint density at radius 3 is 2.70 bits per heavy atom. The second-order valence-corrected chi connectivity index (χ2v) is 9.39. The van der Waals surface area contributed by atoms with Crippen molar-refractivity contribution < 1.29 is 4.79 Å². The zero-order valence-corrected chi connectivity index (χ0v) is 19.5. The summed E-state index contributed by atoms with van der Waals surface area (Å²) in [5.41, 5.74) is 4.80. The summed E-state index contributed by atoms with van der Waals surface area (Å²) in [6.45, 7) is 7.20. The highest BCUT2D eigenvalue weighted by atomic mass is 16.2. The van der Waals surface area contributed by atoms with Crippen LogP contribution in [0.4, 0.5) is 17.5 Å². The first kappa shape index (κ1) is 21.4. The molecule has 3 aromatic rings. The zero-order valence-electron chi connectivity index (χ0n) is 19.5. The second-order valence-electron chi connectivity index (χ2n) is 9.39. The van der Waals surface area contributed by atoms with Gasteiger partial charge >= 0.3 is 0 Å². The normalized spacial score (nSPS) is 17.8. The molecular formula is C24H30N8O. The van der Waals surface area contributed by atoms with Crippen LogP contribution >= 0.6 is 0 Å². The Balaban J connectivity index is 1.25. The van der Waals surface area contributed by atoms with Crippen LogP contribution in [0.3, 0.4) is 0 Å². The van der Waals surface area contributed by atoms with Gasteiger partial charge in [0.15, 0.2) is 5.82 Å². The molecule has 1 aliphatic heterocycles. The number of hydrogen-bond donors (Lipinski definition) is 2. The minimum atomic E-state index is -0.259. The van der Waals surface area contributed by atoms with Gasteiger partial charge < -0.3 is 15.5 Å². The topological polar surface area (TPSA) is 101 Å². The number of anilines is 3. The number of pyridine rings is 1. The van der Waals surface area contributed by atoms with E-state index in [9.17, 15) is 4.79 Å². The van der Waals surface area contributed by atoms with Crippen molar-refractivity contribution in [2.75, 3.05) is 22.6 Å². The van der Waals surface area contributed by atoms with Crippen LogP contribution in [0.5, 0.6) is 0 Å². The van der Waals surface area contributed by atoms with Crippen molar-refractivity contribution in [2.45, 2.75) is 58.7 Å². The molecule has 1 unspecified atom stereocenters. The van der Waals surface area contributed by atoms with E-state index in [1.807, 2.05) is 56.0 Å². The Morgan fingerprint density at radius 2 is 2.00 bits per heavy atom. The fraction of sp³-hybridized carbons (Fsp3) is 0.458.